The number of amides is 1. The number of likely N-dealkylation sites (tertiary alicyclic amines) is 1. The Morgan fingerprint density at radius 1 is 1.27 bits per heavy atom. The van der Waals surface area contributed by atoms with Gasteiger partial charge in [-0.25, -0.2) is 0 Å². The lowest BCUT2D eigenvalue weighted by molar-refractivity contribution is -0.123. The van der Waals surface area contributed by atoms with Crippen LogP contribution in [0.15, 0.2) is 22.8 Å². The molecule has 122 valence electrons. The average Bonchev–Trinajstić information content (AvgIpc) is 3.18. The highest BCUT2D eigenvalue weighted by molar-refractivity contribution is 5.78. The summed E-state index contributed by atoms with van der Waals surface area (Å²) in [5, 5.41) is 3.02. The molecular formula is C17H26N2O3. The van der Waals surface area contributed by atoms with Crippen LogP contribution in [-0.4, -0.2) is 43.2 Å². The standard InChI is InChI=1S/C17H26N2O3/c20-17(18-12-14-6-4-10-21-14)13-19-9-3-1-2-7-15(19)16-8-5-11-22-16/h5,8,11,14-15H,1-4,6-7,9-10,12-13H2,(H,18,20)/t14-,15-/m0/s1. The van der Waals surface area contributed by atoms with E-state index in [9.17, 15) is 4.79 Å². The van der Waals surface area contributed by atoms with E-state index in [1.807, 2.05) is 12.1 Å². The molecule has 5 heteroatoms. The van der Waals surface area contributed by atoms with Crippen molar-refractivity contribution in [1.29, 1.82) is 0 Å². The molecule has 0 radical (unpaired) electrons. The number of carbonyl (C=O) groups excluding carboxylic acids is 1. The number of nitrogens with one attached hydrogen (secondary N) is 1. The van der Waals surface area contributed by atoms with Gasteiger partial charge in [-0.3, -0.25) is 9.69 Å². The van der Waals surface area contributed by atoms with E-state index in [-0.39, 0.29) is 18.1 Å². The molecule has 5 nitrogen and oxygen atoms in total. The van der Waals surface area contributed by atoms with Gasteiger partial charge in [0.2, 0.25) is 5.91 Å². The molecule has 0 unspecified atom stereocenters. The van der Waals surface area contributed by atoms with Gasteiger partial charge >= 0.3 is 0 Å². The largest absolute Gasteiger partial charge is 0.468 e. The molecule has 2 aliphatic rings. The molecule has 2 saturated heterocycles. The maximum absolute atomic E-state index is 12.3. The van der Waals surface area contributed by atoms with Gasteiger partial charge in [0.15, 0.2) is 0 Å². The van der Waals surface area contributed by atoms with E-state index in [2.05, 4.69) is 10.2 Å². The Morgan fingerprint density at radius 3 is 3.00 bits per heavy atom. The van der Waals surface area contributed by atoms with Crippen LogP contribution in [0.25, 0.3) is 0 Å². The van der Waals surface area contributed by atoms with E-state index in [1.54, 1.807) is 6.26 Å². The molecule has 1 aromatic heterocycles. The Balaban J connectivity index is 1.54. The fraction of sp³-hybridized carbons (Fsp3) is 0.706. The molecule has 0 bridgehead atoms. The van der Waals surface area contributed by atoms with E-state index in [4.69, 9.17) is 9.15 Å². The Hall–Kier alpha value is -1.33. The van der Waals surface area contributed by atoms with Crippen LogP contribution in [0.4, 0.5) is 0 Å². The number of nitrogens with zero attached hydrogens (tertiary/aromatic N) is 1. The summed E-state index contributed by atoms with van der Waals surface area (Å²) in [7, 11) is 0. The summed E-state index contributed by atoms with van der Waals surface area (Å²) < 4.78 is 11.1. The molecule has 2 atom stereocenters. The first-order chi connectivity index (χ1) is 10.8. The maximum atomic E-state index is 12.3. The van der Waals surface area contributed by atoms with Crippen molar-refractivity contribution in [3.05, 3.63) is 24.2 Å². The Labute approximate surface area is 132 Å². The van der Waals surface area contributed by atoms with Crippen LogP contribution in [0, 0.1) is 0 Å². The van der Waals surface area contributed by atoms with E-state index < -0.39 is 0 Å². The van der Waals surface area contributed by atoms with Crippen molar-refractivity contribution in [3.63, 3.8) is 0 Å². The number of ether oxygens (including phenoxy) is 1. The van der Waals surface area contributed by atoms with E-state index in [1.165, 1.54) is 12.8 Å². The maximum Gasteiger partial charge on any atom is 0.234 e. The first-order valence-electron chi connectivity index (χ1n) is 8.48. The second kappa shape index (κ2) is 7.79. The summed E-state index contributed by atoms with van der Waals surface area (Å²) in [4.78, 5) is 14.5. The molecule has 1 aromatic rings. The first-order valence-corrected chi connectivity index (χ1v) is 8.48. The molecule has 3 heterocycles. The van der Waals surface area contributed by atoms with Gasteiger partial charge in [-0.15, -0.1) is 0 Å². The van der Waals surface area contributed by atoms with Gasteiger partial charge in [0.1, 0.15) is 5.76 Å². The zero-order chi connectivity index (χ0) is 15.2. The van der Waals surface area contributed by atoms with Crippen molar-refractivity contribution >= 4 is 5.91 Å². The predicted molar refractivity (Wildman–Crippen MR) is 83.5 cm³/mol. The Kier molecular flexibility index (Phi) is 5.51. The van der Waals surface area contributed by atoms with Crippen LogP contribution in [0.2, 0.25) is 0 Å². The summed E-state index contributed by atoms with van der Waals surface area (Å²) in [5.41, 5.74) is 0. The number of hydrogen-bond acceptors (Lipinski definition) is 4. The second-order valence-corrected chi connectivity index (χ2v) is 6.29. The van der Waals surface area contributed by atoms with Gasteiger partial charge in [-0.05, 0) is 44.4 Å². The van der Waals surface area contributed by atoms with Gasteiger partial charge in [0, 0.05) is 13.2 Å². The molecular weight excluding hydrogens is 280 g/mol. The van der Waals surface area contributed by atoms with Crippen molar-refractivity contribution < 1.29 is 13.9 Å². The minimum Gasteiger partial charge on any atom is -0.468 e. The van der Waals surface area contributed by atoms with Gasteiger partial charge in [-0.1, -0.05) is 12.8 Å². The summed E-state index contributed by atoms with van der Waals surface area (Å²) in [6.45, 7) is 2.86. The number of carbonyl (C=O) groups is 1. The minimum atomic E-state index is 0.0916. The molecule has 3 rings (SSSR count). The number of rotatable bonds is 5. The monoisotopic (exact) mass is 306 g/mol. The van der Waals surface area contributed by atoms with Gasteiger partial charge in [-0.2, -0.15) is 0 Å². The van der Waals surface area contributed by atoms with Crippen molar-refractivity contribution in [3.8, 4) is 0 Å². The van der Waals surface area contributed by atoms with Crippen LogP contribution in [0.1, 0.15) is 50.3 Å². The molecule has 1 amide bonds. The van der Waals surface area contributed by atoms with Crippen molar-refractivity contribution in [2.24, 2.45) is 0 Å². The summed E-state index contributed by atoms with van der Waals surface area (Å²) in [5.74, 6) is 1.07. The highest BCUT2D eigenvalue weighted by Crippen LogP contribution is 2.30. The lowest BCUT2D eigenvalue weighted by Gasteiger charge is -2.28. The lowest BCUT2D eigenvalue weighted by atomic mass is 10.1. The van der Waals surface area contributed by atoms with Crippen LogP contribution >= 0.6 is 0 Å². The number of hydrogen-bond donors (Lipinski definition) is 1. The van der Waals surface area contributed by atoms with Crippen molar-refractivity contribution in [2.45, 2.75) is 50.7 Å². The van der Waals surface area contributed by atoms with Crippen LogP contribution < -0.4 is 5.32 Å². The third kappa shape index (κ3) is 4.11. The minimum absolute atomic E-state index is 0.0916. The average molecular weight is 306 g/mol. The third-order valence-corrected chi connectivity index (χ3v) is 4.63. The van der Waals surface area contributed by atoms with Crippen molar-refractivity contribution in [2.75, 3.05) is 26.2 Å². The summed E-state index contributed by atoms with van der Waals surface area (Å²) >= 11 is 0. The molecule has 0 aliphatic carbocycles. The van der Waals surface area contributed by atoms with Gasteiger partial charge in [0.05, 0.1) is 25.0 Å². The highest BCUT2D eigenvalue weighted by atomic mass is 16.5. The zero-order valence-electron chi connectivity index (χ0n) is 13.1. The SMILES string of the molecule is O=C(CN1CCCCC[C@H]1c1ccco1)NC[C@@H]1CCCO1. The van der Waals surface area contributed by atoms with Gasteiger partial charge in [0.25, 0.3) is 0 Å². The van der Waals surface area contributed by atoms with Gasteiger partial charge < -0.3 is 14.5 Å². The van der Waals surface area contributed by atoms with Crippen LogP contribution in [0.3, 0.4) is 0 Å². The van der Waals surface area contributed by atoms with Crippen LogP contribution in [-0.2, 0) is 9.53 Å². The smallest absolute Gasteiger partial charge is 0.234 e. The van der Waals surface area contributed by atoms with E-state index in [0.717, 1.165) is 44.6 Å². The summed E-state index contributed by atoms with van der Waals surface area (Å²) in [6, 6.07) is 4.18. The molecule has 2 fully saturated rings. The Morgan fingerprint density at radius 2 is 2.23 bits per heavy atom. The predicted octanol–water partition coefficient (Wildman–Crippen LogP) is 2.49. The van der Waals surface area contributed by atoms with Crippen molar-refractivity contribution in [1.82, 2.24) is 10.2 Å². The molecule has 0 aromatic carbocycles. The number of furan rings is 1. The lowest BCUT2D eigenvalue weighted by Crippen LogP contribution is -2.41. The molecule has 0 saturated carbocycles. The highest BCUT2D eigenvalue weighted by Gasteiger charge is 2.26. The quantitative estimate of drug-likeness (QED) is 0.908. The van der Waals surface area contributed by atoms with E-state index >= 15 is 0 Å². The third-order valence-electron chi connectivity index (χ3n) is 4.63. The fourth-order valence-electron chi connectivity index (χ4n) is 3.43. The normalized spacial score (nSPS) is 26.7. The molecule has 0 spiro atoms. The molecule has 2 aliphatic heterocycles. The second-order valence-electron chi connectivity index (χ2n) is 6.29. The topological polar surface area (TPSA) is 54.7 Å². The zero-order valence-corrected chi connectivity index (χ0v) is 13.1. The summed E-state index contributed by atoms with van der Waals surface area (Å²) in [6.07, 6.45) is 8.71. The first kappa shape index (κ1) is 15.6. The van der Waals surface area contributed by atoms with Crippen LogP contribution in [0.5, 0.6) is 0 Å². The Bertz CT molecular complexity index is 454. The van der Waals surface area contributed by atoms with E-state index in [0.29, 0.717) is 13.1 Å². The molecule has 1 N–H and O–H groups in total. The molecule has 22 heavy (non-hydrogen) atoms. The fourth-order valence-corrected chi connectivity index (χ4v) is 3.43.